The number of nitrogens with zero attached hydrogens (tertiary/aromatic N) is 3. The van der Waals surface area contributed by atoms with Crippen molar-refractivity contribution in [1.29, 1.82) is 0 Å². The monoisotopic (exact) mass is 409 g/mol. The average Bonchev–Trinajstić information content (AvgIpc) is 2.81. The van der Waals surface area contributed by atoms with Crippen molar-refractivity contribution in [3.8, 4) is 0 Å². The number of hydrogen-bond donors (Lipinski definition) is 5. The third-order valence-corrected chi connectivity index (χ3v) is 5.57. The van der Waals surface area contributed by atoms with E-state index in [2.05, 4.69) is 4.98 Å². The second-order valence-electron chi connectivity index (χ2n) is 7.30. The molecule has 0 radical (unpaired) electrons. The number of nitrogens with two attached hydrogens (primary N) is 1. The summed E-state index contributed by atoms with van der Waals surface area (Å²) in [6, 6.07) is 0. The summed E-state index contributed by atoms with van der Waals surface area (Å²) in [5, 5.41) is 28.6. The van der Waals surface area contributed by atoms with Crippen molar-refractivity contribution in [2.75, 3.05) is 46.6 Å². The van der Waals surface area contributed by atoms with Crippen molar-refractivity contribution >= 4 is 18.7 Å². The van der Waals surface area contributed by atoms with Crippen molar-refractivity contribution < 1.29 is 38.5 Å². The third-order valence-electron chi connectivity index (χ3n) is 4.08. The molecule has 154 valence electrons. The summed E-state index contributed by atoms with van der Waals surface area (Å²) in [5.74, 6) is -0.487. The van der Waals surface area contributed by atoms with E-state index in [4.69, 9.17) is 20.1 Å². The van der Waals surface area contributed by atoms with Gasteiger partial charge in [-0.05, 0) is 0 Å². The Bertz CT molecular complexity index is 779. The molecular formula is C14H26N4O8P+. The number of aromatic nitrogens is 2. The molecule has 0 amide bonds. The molecule has 1 aliphatic rings. The molecule has 12 nitrogen and oxygen atoms in total. The van der Waals surface area contributed by atoms with Gasteiger partial charge in [0.1, 0.15) is 42.6 Å². The predicted octanol–water partition coefficient (Wildman–Crippen LogP) is -3.03. The molecule has 13 heteroatoms. The lowest BCUT2D eigenvalue weighted by molar-refractivity contribution is -0.870. The molecule has 0 aliphatic carbocycles. The van der Waals surface area contributed by atoms with Crippen LogP contribution in [-0.4, -0.2) is 93.5 Å². The van der Waals surface area contributed by atoms with Gasteiger partial charge < -0.3 is 35.2 Å². The molecule has 2 heterocycles. The van der Waals surface area contributed by atoms with Crippen LogP contribution in [0.15, 0.2) is 11.0 Å². The standard InChI is InChI=1S/C14H25N4O8P/c1-18(2,3)4-5-25-27(23,24)9-6-17(14(22)16-12(9)15)13-11(21)10(20)8(7-19)26-13/h6,8,10-11,13,19-21H,4-5,7H2,1-3H3,(H2-,15,16,22,23,24)/p+1/t8-,10-,11-,13-/m1/s1. The molecule has 1 aliphatic heterocycles. The Morgan fingerprint density at radius 1 is 1.37 bits per heavy atom. The Morgan fingerprint density at radius 2 is 2.00 bits per heavy atom. The van der Waals surface area contributed by atoms with E-state index >= 15 is 0 Å². The summed E-state index contributed by atoms with van der Waals surface area (Å²) in [6.07, 6.45) is -4.63. The van der Waals surface area contributed by atoms with Crippen LogP contribution in [0, 0.1) is 0 Å². The normalized spacial score (nSPS) is 28.3. The molecule has 0 bridgehead atoms. The summed E-state index contributed by atoms with van der Waals surface area (Å²) in [7, 11) is 1.22. The number of ether oxygens (including phenoxy) is 1. The second-order valence-corrected chi connectivity index (χ2v) is 9.08. The zero-order chi connectivity index (χ0) is 20.6. The molecule has 1 saturated heterocycles. The first-order chi connectivity index (χ1) is 12.4. The summed E-state index contributed by atoms with van der Waals surface area (Å²) in [4.78, 5) is 25.8. The molecule has 5 atom stereocenters. The van der Waals surface area contributed by atoms with Crippen LogP contribution in [0.25, 0.3) is 0 Å². The van der Waals surface area contributed by atoms with Crippen LogP contribution in [0.5, 0.6) is 0 Å². The Hall–Kier alpha value is -1.37. The fourth-order valence-electron chi connectivity index (χ4n) is 2.49. The number of quaternary nitrogens is 1. The molecule has 1 fully saturated rings. The van der Waals surface area contributed by atoms with Gasteiger partial charge in [-0.2, -0.15) is 4.98 Å². The van der Waals surface area contributed by atoms with Crippen molar-refractivity contribution in [2.24, 2.45) is 0 Å². The first kappa shape index (κ1) is 21.9. The smallest absolute Gasteiger partial charge is 0.364 e. The molecule has 0 saturated carbocycles. The Labute approximate surface area is 155 Å². The van der Waals surface area contributed by atoms with E-state index in [1.54, 1.807) is 0 Å². The van der Waals surface area contributed by atoms with Gasteiger partial charge in [0, 0.05) is 6.20 Å². The van der Waals surface area contributed by atoms with Crippen LogP contribution in [0.4, 0.5) is 5.82 Å². The molecule has 6 N–H and O–H groups in total. The number of aliphatic hydroxyl groups is 3. The van der Waals surface area contributed by atoms with Gasteiger partial charge in [-0.3, -0.25) is 13.7 Å². The van der Waals surface area contributed by atoms with Crippen LogP contribution in [-0.2, 0) is 13.8 Å². The van der Waals surface area contributed by atoms with Crippen molar-refractivity contribution in [1.82, 2.24) is 9.55 Å². The molecule has 2 rings (SSSR count). The number of rotatable bonds is 7. The van der Waals surface area contributed by atoms with Gasteiger partial charge in [0.05, 0.1) is 27.7 Å². The lowest BCUT2D eigenvalue weighted by atomic mass is 10.1. The third kappa shape index (κ3) is 4.92. The number of nitrogen functional groups attached to an aromatic ring is 1. The molecule has 1 unspecified atom stereocenters. The van der Waals surface area contributed by atoms with Gasteiger partial charge in [-0.1, -0.05) is 0 Å². The highest BCUT2D eigenvalue weighted by Crippen LogP contribution is 2.42. The van der Waals surface area contributed by atoms with Crippen LogP contribution < -0.4 is 16.7 Å². The fourth-order valence-corrected chi connectivity index (χ4v) is 3.57. The number of aliphatic hydroxyl groups excluding tert-OH is 3. The summed E-state index contributed by atoms with van der Waals surface area (Å²) < 4.78 is 24.1. The Balaban J connectivity index is 2.33. The van der Waals surface area contributed by atoms with Gasteiger partial charge in [0.2, 0.25) is 0 Å². The SMILES string of the molecule is C[N+](C)(C)CCOP(=O)(O)c1cn([C@@H]2O[C@H](CO)[C@@H](O)[C@H]2O)c(=O)nc1N. The minimum Gasteiger partial charge on any atom is -0.394 e. The quantitative estimate of drug-likeness (QED) is 0.230. The molecule has 0 aromatic carbocycles. The summed E-state index contributed by atoms with van der Waals surface area (Å²) >= 11 is 0. The van der Waals surface area contributed by atoms with Crippen LogP contribution >= 0.6 is 7.60 Å². The maximum absolute atomic E-state index is 12.6. The van der Waals surface area contributed by atoms with E-state index in [0.717, 1.165) is 10.8 Å². The summed E-state index contributed by atoms with van der Waals surface area (Å²) in [5.41, 5.74) is 4.65. The lowest BCUT2D eigenvalue weighted by Crippen LogP contribution is -2.39. The number of hydrogen-bond acceptors (Lipinski definition) is 9. The molecule has 1 aromatic rings. The predicted molar refractivity (Wildman–Crippen MR) is 94.2 cm³/mol. The zero-order valence-electron chi connectivity index (χ0n) is 15.3. The maximum atomic E-state index is 12.6. The van der Waals surface area contributed by atoms with Crippen LogP contribution in [0.2, 0.25) is 0 Å². The molecular weight excluding hydrogens is 383 g/mol. The maximum Gasteiger partial charge on any atom is 0.364 e. The van der Waals surface area contributed by atoms with Gasteiger partial charge >= 0.3 is 13.3 Å². The number of likely N-dealkylation sites (N-methyl/N-ethyl adjacent to an activating group) is 1. The zero-order valence-corrected chi connectivity index (χ0v) is 16.2. The van der Waals surface area contributed by atoms with E-state index in [9.17, 15) is 24.5 Å². The van der Waals surface area contributed by atoms with Gasteiger partial charge in [0.25, 0.3) is 0 Å². The average molecular weight is 409 g/mol. The van der Waals surface area contributed by atoms with Crippen LogP contribution in [0.3, 0.4) is 0 Å². The van der Waals surface area contributed by atoms with Crippen molar-refractivity contribution in [3.63, 3.8) is 0 Å². The van der Waals surface area contributed by atoms with E-state index < -0.39 is 55.6 Å². The van der Waals surface area contributed by atoms with Gasteiger partial charge in [-0.15, -0.1) is 0 Å². The molecule has 1 aromatic heterocycles. The minimum atomic E-state index is -4.42. The second kappa shape index (κ2) is 7.94. The van der Waals surface area contributed by atoms with E-state index in [-0.39, 0.29) is 6.61 Å². The van der Waals surface area contributed by atoms with E-state index in [1.807, 2.05) is 21.1 Å². The van der Waals surface area contributed by atoms with Crippen LogP contribution in [0.1, 0.15) is 6.23 Å². The molecule has 0 spiro atoms. The number of anilines is 1. The molecule has 27 heavy (non-hydrogen) atoms. The summed E-state index contributed by atoms with van der Waals surface area (Å²) in [6.45, 7) is -0.207. The highest BCUT2D eigenvalue weighted by atomic mass is 31.2. The van der Waals surface area contributed by atoms with E-state index in [1.165, 1.54) is 0 Å². The first-order valence-electron chi connectivity index (χ1n) is 8.17. The van der Waals surface area contributed by atoms with E-state index in [0.29, 0.717) is 11.0 Å². The minimum absolute atomic E-state index is 0.0519. The Morgan fingerprint density at radius 3 is 2.52 bits per heavy atom. The lowest BCUT2D eigenvalue weighted by Gasteiger charge is -2.24. The highest BCUT2D eigenvalue weighted by Gasteiger charge is 2.44. The Kier molecular flexibility index (Phi) is 6.44. The fraction of sp³-hybridized carbons (Fsp3) is 0.714. The first-order valence-corrected chi connectivity index (χ1v) is 9.74. The van der Waals surface area contributed by atoms with Gasteiger partial charge in [-0.25, -0.2) is 4.79 Å². The topological polar surface area (TPSA) is 177 Å². The van der Waals surface area contributed by atoms with Crippen molar-refractivity contribution in [2.45, 2.75) is 24.5 Å². The largest absolute Gasteiger partial charge is 0.394 e. The highest BCUT2D eigenvalue weighted by molar-refractivity contribution is 7.61. The van der Waals surface area contributed by atoms with Crippen molar-refractivity contribution in [3.05, 3.63) is 16.7 Å². The van der Waals surface area contributed by atoms with Gasteiger partial charge in [0.15, 0.2) is 6.23 Å².